The average molecular weight is 344 g/mol. The van der Waals surface area contributed by atoms with Crippen LogP contribution in [0.25, 0.3) is 11.3 Å². The van der Waals surface area contributed by atoms with E-state index in [0.29, 0.717) is 23.0 Å². The van der Waals surface area contributed by atoms with Crippen LogP contribution in [0.4, 0.5) is 4.48 Å². The second-order valence-corrected chi connectivity index (χ2v) is 6.20. The van der Waals surface area contributed by atoms with E-state index in [2.05, 4.69) is 10.4 Å². The first kappa shape index (κ1) is 17.1. The first-order chi connectivity index (χ1) is 12.0. The molecule has 2 heterocycles. The summed E-state index contributed by atoms with van der Waals surface area (Å²) in [6.07, 6.45) is 3.57. The Kier molecular flexibility index (Phi) is 4.82. The van der Waals surface area contributed by atoms with Gasteiger partial charge in [-0.3, -0.25) is 10.2 Å². The van der Waals surface area contributed by atoms with Crippen molar-refractivity contribution in [2.45, 2.75) is 13.0 Å². The summed E-state index contributed by atoms with van der Waals surface area (Å²) in [4.78, 5) is 17.8. The van der Waals surface area contributed by atoms with Crippen molar-refractivity contribution >= 4 is 11.5 Å². The zero-order valence-electron chi connectivity index (χ0n) is 14.2. The number of nitrogens with one attached hydrogen (secondary N) is 1. The van der Waals surface area contributed by atoms with Crippen LogP contribution in [0.3, 0.4) is 0 Å². The molecular weight excluding hydrogens is 323 g/mol. The van der Waals surface area contributed by atoms with E-state index in [1.807, 2.05) is 54.0 Å². The number of nitrogens with two attached hydrogens (primary N) is 1. The molecule has 25 heavy (non-hydrogen) atoms. The summed E-state index contributed by atoms with van der Waals surface area (Å²) in [7, 11) is 3.95. The molecule has 1 amide bonds. The molecule has 7 nitrogen and oxygen atoms in total. The quantitative estimate of drug-likeness (QED) is 0.771. The predicted molar refractivity (Wildman–Crippen MR) is 92.6 cm³/mol. The molecule has 0 unspecified atom stereocenters. The number of para-hydroxylation sites is 1. The third-order valence-electron chi connectivity index (χ3n) is 3.93. The van der Waals surface area contributed by atoms with E-state index in [4.69, 9.17) is 5.73 Å². The third kappa shape index (κ3) is 3.70. The van der Waals surface area contributed by atoms with Gasteiger partial charge in [0.25, 0.3) is 0 Å². The maximum Gasteiger partial charge on any atom is 0.223 e. The zero-order chi connectivity index (χ0) is 18.0. The van der Waals surface area contributed by atoms with E-state index in [0.717, 1.165) is 17.1 Å². The first-order valence-corrected chi connectivity index (χ1v) is 7.92. The van der Waals surface area contributed by atoms with Gasteiger partial charge < -0.3 is 15.2 Å². The molecule has 3 rings (SSSR count). The Hall–Kier alpha value is -2.71. The Morgan fingerprint density at radius 1 is 1.40 bits per heavy atom. The van der Waals surface area contributed by atoms with Crippen molar-refractivity contribution in [2.24, 2.45) is 5.73 Å². The van der Waals surface area contributed by atoms with Gasteiger partial charge in [-0.2, -0.15) is 0 Å². The summed E-state index contributed by atoms with van der Waals surface area (Å²) >= 11 is 0. The lowest BCUT2D eigenvalue weighted by atomic mass is 10.0. The highest BCUT2D eigenvalue weighted by Crippen LogP contribution is 2.30. The van der Waals surface area contributed by atoms with E-state index < -0.39 is 5.91 Å². The van der Waals surface area contributed by atoms with Crippen LogP contribution in [0, 0.1) is 0 Å². The molecule has 8 heteroatoms. The van der Waals surface area contributed by atoms with Gasteiger partial charge in [-0.05, 0) is 20.2 Å². The van der Waals surface area contributed by atoms with Gasteiger partial charge in [0.05, 0.1) is 25.2 Å². The number of rotatable bonds is 6. The second-order valence-electron chi connectivity index (χ2n) is 6.20. The molecule has 3 N–H and O–H groups in total. The molecule has 0 bridgehead atoms. The van der Waals surface area contributed by atoms with Crippen molar-refractivity contribution in [3.8, 4) is 5.69 Å². The Labute approximate surface area is 145 Å². The minimum atomic E-state index is -0.510. The fraction of sp³-hybridized carbons (Fsp3) is 0.294. The van der Waals surface area contributed by atoms with Gasteiger partial charge in [-0.1, -0.05) is 23.4 Å². The number of carbonyl (C=O) groups is 1. The smallest absolute Gasteiger partial charge is 0.223 e. The number of aromatic nitrogens is 2. The Morgan fingerprint density at radius 2 is 2.16 bits per heavy atom. The van der Waals surface area contributed by atoms with E-state index in [1.54, 1.807) is 6.20 Å². The number of hydrazine groups is 1. The Balaban J connectivity index is 2.08. The summed E-state index contributed by atoms with van der Waals surface area (Å²) in [5, 5.41) is 0.457. The molecule has 0 atom stereocenters. The van der Waals surface area contributed by atoms with E-state index >= 15 is 0 Å². The lowest BCUT2D eigenvalue weighted by Crippen LogP contribution is -2.25. The molecule has 1 aromatic heterocycles. The number of nitrogens with zero attached hydrogens (tertiary/aromatic N) is 4. The zero-order valence-corrected chi connectivity index (χ0v) is 14.2. The van der Waals surface area contributed by atoms with Crippen LogP contribution in [-0.2, 0) is 11.3 Å². The fourth-order valence-electron chi connectivity index (χ4n) is 2.95. The lowest BCUT2D eigenvalue weighted by Gasteiger charge is -2.16. The number of hydrogen-bond acceptors (Lipinski definition) is 5. The summed E-state index contributed by atoms with van der Waals surface area (Å²) < 4.78 is 15.8. The van der Waals surface area contributed by atoms with Crippen LogP contribution >= 0.6 is 0 Å². The fourth-order valence-corrected chi connectivity index (χ4v) is 2.95. The van der Waals surface area contributed by atoms with Gasteiger partial charge in [0.1, 0.15) is 5.82 Å². The van der Waals surface area contributed by atoms with Crippen molar-refractivity contribution < 1.29 is 9.28 Å². The van der Waals surface area contributed by atoms with E-state index in [-0.39, 0.29) is 13.0 Å². The van der Waals surface area contributed by atoms with Crippen LogP contribution in [0.2, 0.25) is 0 Å². The molecule has 1 aromatic carbocycles. The van der Waals surface area contributed by atoms with Crippen LogP contribution in [0.5, 0.6) is 0 Å². The molecule has 132 valence electrons. The van der Waals surface area contributed by atoms with Gasteiger partial charge in [0.15, 0.2) is 0 Å². The van der Waals surface area contributed by atoms with Crippen molar-refractivity contribution in [1.82, 2.24) is 25.1 Å². The number of benzene rings is 1. The van der Waals surface area contributed by atoms with Gasteiger partial charge in [-0.15, -0.1) is 4.48 Å². The lowest BCUT2D eigenvalue weighted by molar-refractivity contribution is -0.117. The number of amides is 1. The van der Waals surface area contributed by atoms with Crippen LogP contribution in [0.1, 0.15) is 17.8 Å². The largest absolute Gasteiger partial charge is 0.369 e. The normalized spacial score (nSPS) is 15.0. The van der Waals surface area contributed by atoms with Crippen LogP contribution in [-0.4, -0.2) is 46.2 Å². The highest BCUT2D eigenvalue weighted by molar-refractivity contribution is 5.83. The Morgan fingerprint density at radius 3 is 2.88 bits per heavy atom. The topological polar surface area (TPSA) is 79.4 Å². The van der Waals surface area contributed by atoms with Crippen LogP contribution < -0.4 is 11.2 Å². The van der Waals surface area contributed by atoms with Gasteiger partial charge in [-0.25, -0.2) is 4.98 Å². The molecule has 1 aliphatic heterocycles. The Bertz CT molecular complexity index is 813. The number of carbonyl (C=O) groups excluding carboxylic acids is 1. The first-order valence-electron chi connectivity index (χ1n) is 7.92. The molecular formula is C17H21FN6O. The van der Waals surface area contributed by atoms with Crippen molar-refractivity contribution in [3.63, 3.8) is 0 Å². The molecule has 1 aliphatic rings. The monoisotopic (exact) mass is 344 g/mol. The number of primary amides is 1. The average Bonchev–Trinajstić information content (AvgIpc) is 3.12. The van der Waals surface area contributed by atoms with Crippen molar-refractivity contribution in [2.75, 3.05) is 20.6 Å². The highest BCUT2D eigenvalue weighted by Gasteiger charge is 2.25. The molecule has 0 saturated heterocycles. The molecule has 2 aromatic rings. The maximum absolute atomic E-state index is 13.8. The second kappa shape index (κ2) is 7.04. The predicted octanol–water partition coefficient (Wildman–Crippen LogP) is 1.23. The van der Waals surface area contributed by atoms with Gasteiger partial charge in [0, 0.05) is 29.2 Å². The third-order valence-corrected chi connectivity index (χ3v) is 3.93. The van der Waals surface area contributed by atoms with Gasteiger partial charge in [0.2, 0.25) is 5.91 Å². The SMILES string of the molecule is CN(C)Cc1nccn1-c1ccccc1C1=C(CC(N)=O)NN(F)C1. The summed E-state index contributed by atoms with van der Waals surface area (Å²) in [5.41, 5.74) is 10.8. The van der Waals surface area contributed by atoms with E-state index in [9.17, 15) is 9.28 Å². The summed E-state index contributed by atoms with van der Waals surface area (Å²) in [6.45, 7) is 0.708. The van der Waals surface area contributed by atoms with Crippen molar-refractivity contribution in [3.05, 3.63) is 53.7 Å². The maximum atomic E-state index is 13.8. The number of hydrogen-bond donors (Lipinski definition) is 2. The highest BCUT2D eigenvalue weighted by atomic mass is 19.2. The number of imidazole rings is 1. The minimum absolute atomic E-state index is 0.0390. The molecule has 0 spiro atoms. The molecule has 0 radical (unpaired) electrons. The van der Waals surface area contributed by atoms with Crippen molar-refractivity contribution in [1.29, 1.82) is 0 Å². The summed E-state index contributed by atoms with van der Waals surface area (Å²) in [5.74, 6) is 0.362. The van der Waals surface area contributed by atoms with Crippen LogP contribution in [0.15, 0.2) is 42.4 Å². The van der Waals surface area contributed by atoms with E-state index in [1.165, 1.54) is 0 Å². The summed E-state index contributed by atoms with van der Waals surface area (Å²) in [6, 6.07) is 7.66. The minimum Gasteiger partial charge on any atom is -0.369 e. The molecule has 0 fully saturated rings. The van der Waals surface area contributed by atoms with Gasteiger partial charge >= 0.3 is 0 Å². The molecule has 0 saturated carbocycles. The number of halogens is 1. The standard InChI is InChI=1S/C17H21FN6O/c1-22(2)11-17-20-7-8-23(17)15-6-4-3-5-12(15)13-10-24(18)21-14(13)9-16(19)25/h3-8,21H,9-11H2,1-2H3,(H2,19,25). The molecule has 0 aliphatic carbocycles.